The maximum atomic E-state index is 14.3. The van der Waals surface area contributed by atoms with E-state index in [1.165, 1.54) is 5.56 Å². The standard InChI is InChI=1S/C32H29NOSe/c1-32(24-35-23-26-16-8-3-9-17-26)29(27-18-10-4-11-19-27)30(28-20-12-5-13-21-28)33(31(32)34)22-25-14-6-2-7-15-25/h2-21H,22-24H2,1H3. The second-order valence-electron chi connectivity index (χ2n) is 9.14. The molecule has 0 N–H and O–H groups in total. The Morgan fingerprint density at radius 3 is 1.71 bits per heavy atom. The van der Waals surface area contributed by atoms with Gasteiger partial charge in [0.15, 0.2) is 0 Å². The number of benzene rings is 4. The Morgan fingerprint density at radius 2 is 1.14 bits per heavy atom. The summed E-state index contributed by atoms with van der Waals surface area (Å²) < 4.78 is 0. The number of amides is 1. The van der Waals surface area contributed by atoms with Crippen LogP contribution in [0.3, 0.4) is 0 Å². The van der Waals surface area contributed by atoms with Crippen molar-refractivity contribution in [1.29, 1.82) is 0 Å². The molecule has 1 aliphatic rings. The third-order valence-corrected chi connectivity index (χ3v) is 9.34. The molecule has 0 bridgehead atoms. The fourth-order valence-corrected chi connectivity index (χ4v) is 7.39. The number of hydrogen-bond donors (Lipinski definition) is 0. The summed E-state index contributed by atoms with van der Waals surface area (Å²) in [6.07, 6.45) is 0. The normalized spacial score (nSPS) is 17.7. The Morgan fingerprint density at radius 1 is 0.657 bits per heavy atom. The van der Waals surface area contributed by atoms with Gasteiger partial charge in [0.05, 0.1) is 0 Å². The van der Waals surface area contributed by atoms with Gasteiger partial charge in [0.1, 0.15) is 0 Å². The maximum absolute atomic E-state index is 14.3. The van der Waals surface area contributed by atoms with E-state index in [9.17, 15) is 4.79 Å². The van der Waals surface area contributed by atoms with Crippen molar-refractivity contribution in [2.75, 3.05) is 0 Å². The SMILES string of the molecule is CC1(C[Se]Cc2ccccc2)C(=O)N(Cc2ccccc2)C(c2ccccc2)=C1c1ccccc1. The van der Waals surface area contributed by atoms with E-state index >= 15 is 0 Å². The molecule has 1 atom stereocenters. The molecule has 2 nitrogen and oxygen atoms in total. The first-order valence-electron chi connectivity index (χ1n) is 12.0. The van der Waals surface area contributed by atoms with Crippen LogP contribution in [0.2, 0.25) is 5.32 Å². The van der Waals surface area contributed by atoms with Gasteiger partial charge in [-0.2, -0.15) is 0 Å². The molecule has 1 heterocycles. The second kappa shape index (κ2) is 10.5. The molecule has 4 aromatic carbocycles. The van der Waals surface area contributed by atoms with Gasteiger partial charge in [0.2, 0.25) is 0 Å². The number of rotatable bonds is 8. The van der Waals surface area contributed by atoms with Crippen molar-refractivity contribution in [2.45, 2.75) is 24.1 Å². The molecule has 0 saturated carbocycles. The molecule has 174 valence electrons. The number of nitrogens with zero attached hydrogens (tertiary/aromatic N) is 1. The van der Waals surface area contributed by atoms with Crippen molar-refractivity contribution >= 4 is 32.1 Å². The van der Waals surface area contributed by atoms with Crippen molar-refractivity contribution in [3.63, 3.8) is 0 Å². The first-order chi connectivity index (χ1) is 17.2. The number of carbonyl (C=O) groups excluding carboxylic acids is 1. The average molecular weight is 523 g/mol. The van der Waals surface area contributed by atoms with Gasteiger partial charge in [0, 0.05) is 0 Å². The molecule has 5 rings (SSSR count). The summed E-state index contributed by atoms with van der Waals surface area (Å²) in [4.78, 5) is 16.4. The molecule has 3 heteroatoms. The molecular weight excluding hydrogens is 493 g/mol. The summed E-state index contributed by atoms with van der Waals surface area (Å²) in [6, 6.07) is 41.9. The Hall–Kier alpha value is -3.39. The monoisotopic (exact) mass is 523 g/mol. The molecule has 0 radical (unpaired) electrons. The minimum absolute atomic E-state index is 0.203. The van der Waals surface area contributed by atoms with Crippen LogP contribution in [0.15, 0.2) is 121 Å². The molecule has 1 unspecified atom stereocenters. The summed E-state index contributed by atoms with van der Waals surface area (Å²) in [5, 5.41) is 1.89. The topological polar surface area (TPSA) is 20.3 Å². The second-order valence-corrected chi connectivity index (χ2v) is 11.2. The molecule has 4 aromatic rings. The van der Waals surface area contributed by atoms with E-state index in [0.717, 1.165) is 38.6 Å². The van der Waals surface area contributed by atoms with Crippen LogP contribution in [0.5, 0.6) is 0 Å². The Bertz CT molecular complexity index is 1300. The predicted molar refractivity (Wildman–Crippen MR) is 146 cm³/mol. The van der Waals surface area contributed by atoms with E-state index in [1.807, 2.05) is 35.2 Å². The van der Waals surface area contributed by atoms with Gasteiger partial charge < -0.3 is 0 Å². The van der Waals surface area contributed by atoms with Crippen molar-refractivity contribution in [2.24, 2.45) is 5.41 Å². The van der Waals surface area contributed by atoms with E-state index in [1.54, 1.807) is 0 Å². The molecule has 0 aromatic heterocycles. The first kappa shape index (κ1) is 23.4. The molecule has 0 spiro atoms. The minimum atomic E-state index is -0.573. The van der Waals surface area contributed by atoms with Crippen molar-refractivity contribution < 1.29 is 4.79 Å². The van der Waals surface area contributed by atoms with Gasteiger partial charge in [-0.05, 0) is 0 Å². The van der Waals surface area contributed by atoms with E-state index in [-0.39, 0.29) is 20.9 Å². The van der Waals surface area contributed by atoms with Crippen LogP contribution < -0.4 is 0 Å². The number of carbonyl (C=O) groups is 1. The zero-order valence-corrected chi connectivity index (χ0v) is 21.6. The van der Waals surface area contributed by atoms with Gasteiger partial charge >= 0.3 is 215 Å². The van der Waals surface area contributed by atoms with Crippen LogP contribution in [0.25, 0.3) is 11.3 Å². The van der Waals surface area contributed by atoms with Gasteiger partial charge in [-0.25, -0.2) is 0 Å². The van der Waals surface area contributed by atoms with Crippen molar-refractivity contribution in [1.82, 2.24) is 4.90 Å². The molecule has 0 saturated heterocycles. The summed E-state index contributed by atoms with van der Waals surface area (Å²) in [6.45, 7) is 2.74. The van der Waals surface area contributed by atoms with Gasteiger partial charge in [-0.1, -0.05) is 0 Å². The van der Waals surface area contributed by atoms with Crippen LogP contribution in [0.4, 0.5) is 0 Å². The third kappa shape index (κ3) is 4.89. The van der Waals surface area contributed by atoms with Gasteiger partial charge in [0.25, 0.3) is 0 Å². The Balaban J connectivity index is 1.60. The zero-order valence-electron chi connectivity index (χ0n) is 19.9. The Kier molecular flexibility index (Phi) is 6.99. The Labute approximate surface area is 214 Å². The summed E-state index contributed by atoms with van der Waals surface area (Å²) >= 11 is 0.288. The average Bonchev–Trinajstić information content (AvgIpc) is 3.13. The zero-order chi connectivity index (χ0) is 24.1. The number of hydrogen-bond acceptors (Lipinski definition) is 1. The molecule has 0 aliphatic carbocycles. The fourth-order valence-electron chi connectivity index (χ4n) is 4.86. The van der Waals surface area contributed by atoms with Gasteiger partial charge in [-0.15, -0.1) is 0 Å². The fraction of sp³-hybridized carbons (Fsp3) is 0.156. The van der Waals surface area contributed by atoms with E-state index in [4.69, 9.17) is 0 Å². The first-order valence-corrected chi connectivity index (χ1v) is 14.4. The van der Waals surface area contributed by atoms with Crippen LogP contribution in [-0.4, -0.2) is 25.8 Å². The van der Waals surface area contributed by atoms with Crippen LogP contribution in [0, 0.1) is 5.41 Å². The van der Waals surface area contributed by atoms with E-state index in [0.29, 0.717) is 6.54 Å². The summed E-state index contributed by atoms with van der Waals surface area (Å²) in [5.41, 5.74) is 6.33. The van der Waals surface area contributed by atoms with Crippen molar-refractivity contribution in [3.8, 4) is 0 Å². The van der Waals surface area contributed by atoms with Crippen LogP contribution in [-0.2, 0) is 16.7 Å². The molecule has 1 aliphatic heterocycles. The van der Waals surface area contributed by atoms with Crippen LogP contribution >= 0.6 is 0 Å². The van der Waals surface area contributed by atoms with Gasteiger partial charge in [-0.3, -0.25) is 0 Å². The van der Waals surface area contributed by atoms with E-state index < -0.39 is 5.41 Å². The molecular formula is C32H29NOSe. The van der Waals surface area contributed by atoms with Crippen molar-refractivity contribution in [3.05, 3.63) is 144 Å². The quantitative estimate of drug-likeness (QED) is 0.230. The van der Waals surface area contributed by atoms with Crippen LogP contribution in [0.1, 0.15) is 29.2 Å². The molecule has 0 fully saturated rings. The summed E-state index contributed by atoms with van der Waals surface area (Å²) in [5.74, 6) is 0.203. The van der Waals surface area contributed by atoms with E-state index in [2.05, 4.69) is 97.9 Å². The third-order valence-electron chi connectivity index (χ3n) is 6.57. The molecule has 1 amide bonds. The predicted octanol–water partition coefficient (Wildman–Crippen LogP) is 6.93. The summed E-state index contributed by atoms with van der Waals surface area (Å²) in [7, 11) is 0. The molecule has 35 heavy (non-hydrogen) atoms.